The van der Waals surface area contributed by atoms with Crippen LogP contribution in [0.1, 0.15) is 80.6 Å². The summed E-state index contributed by atoms with van der Waals surface area (Å²) >= 11 is 0. The molecule has 0 spiro atoms. The van der Waals surface area contributed by atoms with Gasteiger partial charge in [0, 0.05) is 0 Å². The van der Waals surface area contributed by atoms with Crippen molar-refractivity contribution in [3.63, 3.8) is 0 Å². The molecule has 0 heterocycles. The van der Waals surface area contributed by atoms with E-state index in [0.717, 1.165) is 12.3 Å². The quantitative estimate of drug-likeness (QED) is 0.592. The Bertz CT molecular complexity index is 549. The third kappa shape index (κ3) is 5.02. The molecule has 0 bridgehead atoms. The van der Waals surface area contributed by atoms with Gasteiger partial charge in [-0.3, -0.25) is 0 Å². The fraction of sp³-hybridized carbons (Fsp3) is 0.650. The average molecular weight is 338 g/mol. The van der Waals surface area contributed by atoms with Gasteiger partial charge >= 0.3 is 5.97 Å². The molecule has 0 radical (unpaired) electrons. The molecule has 4 heteroatoms. The Kier molecular flexibility index (Phi) is 7.19. The summed E-state index contributed by atoms with van der Waals surface area (Å²) in [7, 11) is 0. The zero-order chi connectivity index (χ0) is 17.5. The lowest BCUT2D eigenvalue weighted by Crippen LogP contribution is -2.15. The van der Waals surface area contributed by atoms with E-state index in [1.54, 1.807) is 0 Å². The van der Waals surface area contributed by atoms with Crippen LogP contribution in [0, 0.1) is 23.5 Å². The Labute approximate surface area is 143 Å². The van der Waals surface area contributed by atoms with E-state index in [9.17, 15) is 13.6 Å². The minimum atomic E-state index is -1.43. The molecule has 1 N–H and O–H groups in total. The first-order valence-corrected chi connectivity index (χ1v) is 9.23. The van der Waals surface area contributed by atoms with Crippen LogP contribution in [0.3, 0.4) is 0 Å². The van der Waals surface area contributed by atoms with Crippen molar-refractivity contribution in [1.29, 1.82) is 0 Å². The van der Waals surface area contributed by atoms with Crippen molar-refractivity contribution in [3.05, 3.63) is 34.9 Å². The summed E-state index contributed by atoms with van der Waals surface area (Å²) in [5.74, 6) is -2.24. The van der Waals surface area contributed by atoms with Crippen molar-refractivity contribution in [2.75, 3.05) is 0 Å². The van der Waals surface area contributed by atoms with Gasteiger partial charge in [0.1, 0.15) is 0 Å². The molecular weight excluding hydrogens is 310 g/mol. The zero-order valence-electron chi connectivity index (χ0n) is 14.5. The van der Waals surface area contributed by atoms with Crippen molar-refractivity contribution < 1.29 is 18.7 Å². The molecule has 2 rings (SSSR count). The van der Waals surface area contributed by atoms with Crippen molar-refractivity contribution in [3.8, 4) is 0 Å². The number of carbonyl (C=O) groups is 1. The fourth-order valence-electron chi connectivity index (χ4n) is 3.80. The normalized spacial score (nSPS) is 21.0. The van der Waals surface area contributed by atoms with Gasteiger partial charge in [-0.15, -0.1) is 0 Å². The van der Waals surface area contributed by atoms with Crippen molar-refractivity contribution >= 4 is 5.97 Å². The molecular formula is C20H28F2O2. The van der Waals surface area contributed by atoms with Gasteiger partial charge in [-0.25, -0.2) is 13.6 Å². The maximum Gasteiger partial charge on any atom is 0.338 e. The van der Waals surface area contributed by atoms with E-state index in [1.807, 2.05) is 0 Å². The maximum absolute atomic E-state index is 14.0. The lowest BCUT2D eigenvalue weighted by molar-refractivity contribution is 0.0690. The highest BCUT2D eigenvalue weighted by Gasteiger charge is 2.22. The van der Waals surface area contributed by atoms with Crippen molar-refractivity contribution in [1.82, 2.24) is 0 Å². The summed E-state index contributed by atoms with van der Waals surface area (Å²) in [6.07, 6.45) is 11.4. The molecule has 1 saturated carbocycles. The monoisotopic (exact) mass is 338 g/mol. The fourth-order valence-corrected chi connectivity index (χ4v) is 3.80. The molecule has 1 fully saturated rings. The molecule has 24 heavy (non-hydrogen) atoms. The summed E-state index contributed by atoms with van der Waals surface area (Å²) in [5, 5.41) is 8.81. The van der Waals surface area contributed by atoms with E-state index < -0.39 is 23.2 Å². The molecule has 0 saturated heterocycles. The van der Waals surface area contributed by atoms with E-state index in [4.69, 9.17) is 5.11 Å². The van der Waals surface area contributed by atoms with Crippen LogP contribution in [-0.4, -0.2) is 11.1 Å². The topological polar surface area (TPSA) is 37.3 Å². The van der Waals surface area contributed by atoms with Crippen LogP contribution in [-0.2, 0) is 6.42 Å². The Morgan fingerprint density at radius 1 is 1.04 bits per heavy atom. The highest BCUT2D eigenvalue weighted by atomic mass is 19.2. The number of carboxylic acids is 1. The highest BCUT2D eigenvalue weighted by Crippen LogP contribution is 2.34. The maximum atomic E-state index is 14.0. The van der Waals surface area contributed by atoms with Gasteiger partial charge in [0.2, 0.25) is 0 Å². The zero-order valence-corrected chi connectivity index (χ0v) is 14.5. The summed E-state index contributed by atoms with van der Waals surface area (Å²) in [6, 6.07) is 2.58. The summed E-state index contributed by atoms with van der Waals surface area (Å²) in [5.41, 5.74) is -0.300. The number of halogens is 2. The molecule has 0 aliphatic heterocycles. The molecule has 1 aromatic carbocycles. The minimum absolute atomic E-state index is 0.294. The number of unbranched alkanes of at least 4 members (excludes halogenated alkanes) is 2. The number of aromatic carboxylic acids is 1. The summed E-state index contributed by atoms with van der Waals surface area (Å²) in [6.45, 7) is 2.22. The molecule has 2 nitrogen and oxygen atoms in total. The second-order valence-corrected chi connectivity index (χ2v) is 7.13. The smallest absolute Gasteiger partial charge is 0.338 e. The third-order valence-electron chi connectivity index (χ3n) is 5.40. The molecule has 0 unspecified atom stereocenters. The standard InChI is InChI=1S/C20H28F2O2/c1-2-3-4-5-14-6-8-15(9-7-14)10-11-16-12-13-17(20(23)24)19(22)18(16)21/h12-15H,2-11H2,1H3,(H,23,24)/t14-,15-. The molecule has 1 aromatic rings. The number of hydrogen-bond acceptors (Lipinski definition) is 1. The highest BCUT2D eigenvalue weighted by molar-refractivity contribution is 5.88. The third-order valence-corrected chi connectivity index (χ3v) is 5.40. The van der Waals surface area contributed by atoms with Crippen LogP contribution in [0.4, 0.5) is 8.78 Å². The van der Waals surface area contributed by atoms with E-state index in [1.165, 1.54) is 63.5 Å². The van der Waals surface area contributed by atoms with Gasteiger partial charge in [0.15, 0.2) is 11.6 Å². The first kappa shape index (κ1) is 18.9. The SMILES string of the molecule is CCCCC[C@H]1CC[C@H](CCc2ccc(C(=O)O)c(F)c2F)CC1. The second kappa shape index (κ2) is 9.14. The molecule has 1 aliphatic rings. The van der Waals surface area contributed by atoms with Gasteiger partial charge in [-0.05, 0) is 36.3 Å². The lowest BCUT2D eigenvalue weighted by atomic mass is 9.77. The number of aryl methyl sites for hydroxylation is 1. The molecule has 0 amide bonds. The Morgan fingerprint density at radius 3 is 2.25 bits per heavy atom. The molecule has 1 aliphatic carbocycles. The number of carboxylic acid groups (broad SMARTS) is 1. The van der Waals surface area contributed by atoms with Gasteiger partial charge < -0.3 is 5.11 Å². The second-order valence-electron chi connectivity index (χ2n) is 7.13. The van der Waals surface area contributed by atoms with E-state index >= 15 is 0 Å². The summed E-state index contributed by atoms with van der Waals surface area (Å²) in [4.78, 5) is 10.8. The van der Waals surface area contributed by atoms with E-state index in [2.05, 4.69) is 6.92 Å². The van der Waals surface area contributed by atoms with Crippen LogP contribution in [0.2, 0.25) is 0 Å². The first-order chi connectivity index (χ1) is 11.5. The predicted octanol–water partition coefficient (Wildman–Crippen LogP) is 5.98. The first-order valence-electron chi connectivity index (χ1n) is 9.23. The Hall–Kier alpha value is -1.45. The molecule has 0 atom stereocenters. The number of benzene rings is 1. The minimum Gasteiger partial charge on any atom is -0.478 e. The van der Waals surface area contributed by atoms with Crippen molar-refractivity contribution in [2.45, 2.75) is 71.1 Å². The van der Waals surface area contributed by atoms with Crippen LogP contribution in [0.15, 0.2) is 12.1 Å². The Balaban J connectivity index is 1.81. The van der Waals surface area contributed by atoms with Gasteiger partial charge in [0.05, 0.1) is 5.56 Å². The van der Waals surface area contributed by atoms with Crippen LogP contribution >= 0.6 is 0 Å². The van der Waals surface area contributed by atoms with E-state index in [-0.39, 0.29) is 0 Å². The van der Waals surface area contributed by atoms with Gasteiger partial charge in [0.25, 0.3) is 0 Å². The van der Waals surface area contributed by atoms with Crippen LogP contribution < -0.4 is 0 Å². The predicted molar refractivity (Wildman–Crippen MR) is 91.2 cm³/mol. The van der Waals surface area contributed by atoms with E-state index in [0.29, 0.717) is 17.9 Å². The average Bonchev–Trinajstić information content (AvgIpc) is 2.57. The molecule has 0 aromatic heterocycles. The van der Waals surface area contributed by atoms with Crippen LogP contribution in [0.25, 0.3) is 0 Å². The van der Waals surface area contributed by atoms with Gasteiger partial charge in [-0.2, -0.15) is 0 Å². The molecule has 134 valence electrons. The van der Waals surface area contributed by atoms with Crippen molar-refractivity contribution in [2.24, 2.45) is 11.8 Å². The lowest BCUT2D eigenvalue weighted by Gasteiger charge is -2.28. The van der Waals surface area contributed by atoms with Crippen LogP contribution in [0.5, 0.6) is 0 Å². The largest absolute Gasteiger partial charge is 0.478 e. The summed E-state index contributed by atoms with van der Waals surface area (Å²) < 4.78 is 27.7. The number of rotatable bonds is 8. The number of hydrogen-bond donors (Lipinski definition) is 1. The Morgan fingerprint density at radius 2 is 1.67 bits per heavy atom. The van der Waals surface area contributed by atoms with Gasteiger partial charge in [-0.1, -0.05) is 64.4 Å².